The van der Waals surface area contributed by atoms with E-state index < -0.39 is 0 Å². The summed E-state index contributed by atoms with van der Waals surface area (Å²) in [6, 6.07) is 62.2. The van der Waals surface area contributed by atoms with Gasteiger partial charge in [-0.3, -0.25) is 0 Å². The van der Waals surface area contributed by atoms with Gasteiger partial charge in [-0.05, 0) is 94.6 Å². The van der Waals surface area contributed by atoms with Crippen LogP contribution in [0.25, 0.3) is 82.5 Å². The number of rotatable bonds is 7. The van der Waals surface area contributed by atoms with Crippen molar-refractivity contribution in [2.75, 3.05) is 4.90 Å². The lowest BCUT2D eigenvalue weighted by Gasteiger charge is -2.31. The number of furan rings is 2. The van der Waals surface area contributed by atoms with Crippen molar-refractivity contribution in [2.45, 2.75) is 12.8 Å². The first-order valence-corrected chi connectivity index (χ1v) is 20.9. The van der Waals surface area contributed by atoms with Gasteiger partial charge in [0.1, 0.15) is 22.3 Å². The zero-order valence-corrected chi connectivity index (χ0v) is 33.2. The molecule has 61 heavy (non-hydrogen) atoms. The smallest absolute Gasteiger partial charge is 0.143 e. The molecule has 8 aromatic carbocycles. The minimum absolute atomic E-state index is 0.853. The second-order valence-electron chi connectivity index (χ2n) is 15.7. The van der Waals surface area contributed by atoms with Crippen molar-refractivity contribution in [3.63, 3.8) is 0 Å². The van der Waals surface area contributed by atoms with Crippen molar-refractivity contribution in [1.29, 1.82) is 0 Å². The summed E-state index contributed by atoms with van der Waals surface area (Å²) in [5.74, 6) is 0. The Labute approximate surface area is 353 Å². The molecule has 2 aromatic heterocycles. The first-order valence-electron chi connectivity index (χ1n) is 20.9. The van der Waals surface area contributed by atoms with E-state index >= 15 is 0 Å². The van der Waals surface area contributed by atoms with Crippen molar-refractivity contribution in [3.05, 3.63) is 234 Å². The topological polar surface area (TPSA) is 29.5 Å². The molecule has 3 heteroatoms. The Bertz CT molecular complexity index is 3630. The summed E-state index contributed by atoms with van der Waals surface area (Å²) in [7, 11) is 0. The van der Waals surface area contributed by atoms with Gasteiger partial charge in [0, 0.05) is 49.4 Å². The zero-order chi connectivity index (χ0) is 40.3. The van der Waals surface area contributed by atoms with Crippen molar-refractivity contribution in [3.8, 4) is 11.1 Å². The maximum atomic E-state index is 6.66. The van der Waals surface area contributed by atoms with Crippen LogP contribution in [0.1, 0.15) is 29.5 Å². The van der Waals surface area contributed by atoms with Gasteiger partial charge in [-0.2, -0.15) is 0 Å². The summed E-state index contributed by atoms with van der Waals surface area (Å²) in [6.45, 7) is 0. The lowest BCUT2D eigenvalue weighted by atomic mass is 9.86. The molecule has 0 radical (unpaired) electrons. The van der Waals surface area contributed by atoms with E-state index in [9.17, 15) is 0 Å². The van der Waals surface area contributed by atoms with E-state index in [4.69, 9.17) is 8.83 Å². The highest BCUT2D eigenvalue weighted by atomic mass is 16.3. The molecular weight excluding hydrogens is 743 g/mol. The van der Waals surface area contributed by atoms with Crippen LogP contribution < -0.4 is 4.90 Å². The van der Waals surface area contributed by atoms with E-state index in [0.29, 0.717) is 0 Å². The number of allylic oxidation sites excluding steroid dienone is 7. The Hall–Kier alpha value is -8.06. The van der Waals surface area contributed by atoms with Crippen LogP contribution in [0.3, 0.4) is 0 Å². The predicted molar refractivity (Wildman–Crippen MR) is 254 cm³/mol. The average molecular weight is 780 g/mol. The van der Waals surface area contributed by atoms with Gasteiger partial charge in [0.2, 0.25) is 0 Å². The van der Waals surface area contributed by atoms with Crippen LogP contribution in [0.15, 0.2) is 226 Å². The third-order valence-corrected chi connectivity index (χ3v) is 12.2. The second-order valence-corrected chi connectivity index (χ2v) is 15.7. The summed E-state index contributed by atoms with van der Waals surface area (Å²) >= 11 is 0. The third kappa shape index (κ3) is 5.84. The van der Waals surface area contributed by atoms with E-state index in [-0.39, 0.29) is 0 Å². The highest BCUT2D eigenvalue weighted by molar-refractivity contribution is 6.12. The summed E-state index contributed by atoms with van der Waals surface area (Å²) in [4.78, 5) is 2.36. The van der Waals surface area contributed by atoms with Crippen LogP contribution in [-0.2, 0) is 0 Å². The molecular formula is C58H37NO2. The fourth-order valence-corrected chi connectivity index (χ4v) is 9.36. The van der Waals surface area contributed by atoms with Crippen LogP contribution in [0, 0.1) is 0 Å². The van der Waals surface area contributed by atoms with E-state index in [1.807, 2.05) is 24.3 Å². The van der Waals surface area contributed by atoms with Gasteiger partial charge < -0.3 is 13.7 Å². The molecule has 2 aliphatic rings. The molecule has 0 spiro atoms. The van der Waals surface area contributed by atoms with Crippen LogP contribution in [0.5, 0.6) is 0 Å². The highest BCUT2D eigenvalue weighted by Gasteiger charge is 2.26. The Morgan fingerprint density at radius 2 is 1.03 bits per heavy atom. The van der Waals surface area contributed by atoms with Crippen molar-refractivity contribution >= 4 is 82.7 Å². The normalized spacial score (nSPS) is 13.8. The fourth-order valence-electron chi connectivity index (χ4n) is 9.36. The van der Waals surface area contributed by atoms with Gasteiger partial charge in [-0.25, -0.2) is 0 Å². The molecule has 0 atom stereocenters. The van der Waals surface area contributed by atoms with Gasteiger partial charge in [0.15, 0.2) is 0 Å². The minimum Gasteiger partial charge on any atom is -0.455 e. The maximum Gasteiger partial charge on any atom is 0.143 e. The summed E-state index contributed by atoms with van der Waals surface area (Å²) in [6.07, 6.45) is 10.8. The zero-order valence-electron chi connectivity index (χ0n) is 33.2. The first kappa shape index (κ1) is 34.9. The molecule has 286 valence electrons. The molecule has 2 heterocycles. The molecule has 2 aliphatic carbocycles. The number of nitrogens with zero attached hydrogens (tertiary/aromatic N) is 1. The Kier molecular flexibility index (Phi) is 8.21. The number of anilines is 2. The average Bonchev–Trinajstić information content (AvgIpc) is 3.91. The first-order chi connectivity index (χ1) is 30.3. The number of hydrogen-bond donors (Lipinski definition) is 0. The van der Waals surface area contributed by atoms with Gasteiger partial charge in [-0.1, -0.05) is 157 Å². The quantitative estimate of drug-likeness (QED) is 0.151. The second kappa shape index (κ2) is 14.3. The molecule has 0 amide bonds. The van der Waals surface area contributed by atoms with E-state index in [1.165, 1.54) is 33.0 Å². The summed E-state index contributed by atoms with van der Waals surface area (Å²) < 4.78 is 13.1. The molecule has 10 aromatic rings. The van der Waals surface area contributed by atoms with Gasteiger partial charge >= 0.3 is 0 Å². The molecule has 0 saturated carbocycles. The molecule has 3 nitrogen and oxygen atoms in total. The Balaban J connectivity index is 1.10. The monoisotopic (exact) mass is 779 g/mol. The maximum absolute atomic E-state index is 6.66. The van der Waals surface area contributed by atoms with Gasteiger partial charge in [0.05, 0.1) is 17.1 Å². The number of benzene rings is 8. The predicted octanol–water partition coefficient (Wildman–Crippen LogP) is 16.0. The minimum atomic E-state index is 0.853. The fraction of sp³-hybridized carbons (Fsp3) is 0.0345. The lowest BCUT2D eigenvalue weighted by Crippen LogP contribution is -2.18. The molecule has 12 rings (SSSR count). The van der Waals surface area contributed by atoms with Crippen LogP contribution in [-0.4, -0.2) is 0 Å². The number of hydrogen-bond acceptors (Lipinski definition) is 3. The molecule has 0 N–H and O–H groups in total. The van der Waals surface area contributed by atoms with Gasteiger partial charge in [0.25, 0.3) is 0 Å². The van der Waals surface area contributed by atoms with Crippen molar-refractivity contribution < 1.29 is 8.83 Å². The summed E-state index contributed by atoms with van der Waals surface area (Å²) in [5, 5.41) is 6.87. The van der Waals surface area contributed by atoms with E-state index in [2.05, 4.69) is 192 Å². The van der Waals surface area contributed by atoms with Gasteiger partial charge in [-0.15, -0.1) is 0 Å². The highest BCUT2D eigenvalue weighted by Crippen LogP contribution is 2.47. The van der Waals surface area contributed by atoms with E-state index in [0.717, 1.165) is 96.1 Å². The van der Waals surface area contributed by atoms with Crippen molar-refractivity contribution in [2.24, 2.45) is 0 Å². The Morgan fingerprint density at radius 3 is 1.77 bits per heavy atom. The van der Waals surface area contributed by atoms with Crippen LogP contribution in [0.4, 0.5) is 11.4 Å². The number of fused-ring (bicyclic) bond motifs is 7. The largest absolute Gasteiger partial charge is 0.455 e. The third-order valence-electron chi connectivity index (χ3n) is 12.2. The van der Waals surface area contributed by atoms with Crippen molar-refractivity contribution in [1.82, 2.24) is 0 Å². The molecule has 0 fully saturated rings. The van der Waals surface area contributed by atoms with Crippen LogP contribution >= 0.6 is 0 Å². The van der Waals surface area contributed by atoms with E-state index in [1.54, 1.807) is 0 Å². The molecule has 0 bridgehead atoms. The standard InChI is InChI=1S/C58H37NO2/c1-2-16-40-37-41(32-31-38(40)15-1)43-17-3-4-18-45(43)46-19-5-9-27-53(46)59(42-35-33-39(34-36-42)44-23-13-25-51-48-21-7-11-29-55(48)60-57(44)51)54-28-10-6-20-47(54)50-24-14-26-52-49-22-8-12-30-56(49)61-58(50)52/h1-3,5-17,19-33,35,37H,4,18H2. The molecule has 0 saturated heterocycles. The SMILES string of the molecule is C1=C=C(N(c2ccccc2C2=C(c3ccc4ccccc4c3)C=CCC2)c2ccccc2-c2cccc3c2oc2ccccc23)C=CC=1c1cccc2c1oc1ccccc12. The summed E-state index contributed by atoms with van der Waals surface area (Å²) in [5.41, 5.74) is 22.6. The lowest BCUT2D eigenvalue weighted by molar-refractivity contribution is 0.667. The molecule has 0 aliphatic heterocycles. The molecule has 0 unspecified atom stereocenters. The van der Waals surface area contributed by atoms with Crippen LogP contribution in [0.2, 0.25) is 0 Å². The number of para-hydroxylation sites is 6. The Morgan fingerprint density at radius 1 is 0.443 bits per heavy atom.